The van der Waals surface area contributed by atoms with Crippen LogP contribution in [-0.2, 0) is 4.79 Å². The second kappa shape index (κ2) is 5.29. The molecule has 1 rings (SSSR count). The van der Waals surface area contributed by atoms with E-state index < -0.39 is 0 Å². The van der Waals surface area contributed by atoms with Gasteiger partial charge >= 0.3 is 0 Å². The monoisotopic (exact) mass is 224 g/mol. The normalized spacial score (nSPS) is 11.9. The van der Waals surface area contributed by atoms with Gasteiger partial charge in [0.2, 0.25) is 11.8 Å². The summed E-state index contributed by atoms with van der Waals surface area (Å²) in [4.78, 5) is 18.8. The summed E-state index contributed by atoms with van der Waals surface area (Å²) in [6.45, 7) is 3.71. The number of anilines is 1. The number of ether oxygens (including phenoxy) is 1. The average molecular weight is 224 g/mol. The summed E-state index contributed by atoms with van der Waals surface area (Å²) in [5.41, 5.74) is 5.91. The molecule has 0 saturated heterocycles. The van der Waals surface area contributed by atoms with Gasteiger partial charge in [-0.2, -0.15) is 0 Å². The molecule has 0 aliphatic heterocycles. The van der Waals surface area contributed by atoms with Crippen molar-refractivity contribution < 1.29 is 9.53 Å². The minimum absolute atomic E-state index is 0.0733. The third-order valence-electron chi connectivity index (χ3n) is 2.12. The molecule has 1 unspecified atom stereocenters. The Hall–Kier alpha value is -1.85. The molecule has 0 spiro atoms. The maximum absolute atomic E-state index is 10.7. The number of rotatable bonds is 5. The molecule has 1 heterocycles. The number of nitrogens with zero attached hydrogens (tertiary/aromatic N) is 2. The highest BCUT2D eigenvalue weighted by Crippen LogP contribution is 2.20. The van der Waals surface area contributed by atoms with Crippen molar-refractivity contribution in [3.8, 4) is 5.88 Å². The zero-order chi connectivity index (χ0) is 12.1. The largest absolute Gasteiger partial charge is 0.481 e. The molecule has 0 saturated carbocycles. The second-order valence-corrected chi connectivity index (χ2v) is 3.57. The van der Waals surface area contributed by atoms with Crippen molar-refractivity contribution in [2.45, 2.75) is 26.3 Å². The molecular weight excluding hydrogens is 208 g/mol. The van der Waals surface area contributed by atoms with E-state index in [2.05, 4.69) is 15.3 Å². The van der Waals surface area contributed by atoms with Crippen molar-refractivity contribution in [2.75, 3.05) is 12.4 Å². The van der Waals surface area contributed by atoms with Gasteiger partial charge in [-0.3, -0.25) is 4.79 Å². The van der Waals surface area contributed by atoms with Crippen molar-refractivity contribution in [3.63, 3.8) is 0 Å². The number of nitrogens with one attached hydrogen (secondary N) is 1. The van der Waals surface area contributed by atoms with E-state index in [0.717, 1.165) is 5.56 Å². The van der Waals surface area contributed by atoms with Gasteiger partial charge in [-0.1, -0.05) is 0 Å². The summed E-state index contributed by atoms with van der Waals surface area (Å²) in [6, 6.07) is -0.0733. The smallest absolute Gasteiger partial charge is 0.221 e. The van der Waals surface area contributed by atoms with Crippen molar-refractivity contribution in [3.05, 3.63) is 11.9 Å². The van der Waals surface area contributed by atoms with Crippen LogP contribution in [-0.4, -0.2) is 29.0 Å². The highest BCUT2D eigenvalue weighted by Gasteiger charge is 2.11. The van der Waals surface area contributed by atoms with Crippen LogP contribution in [0.5, 0.6) is 5.88 Å². The van der Waals surface area contributed by atoms with Crippen LogP contribution in [0, 0.1) is 6.92 Å². The van der Waals surface area contributed by atoms with Crippen molar-refractivity contribution in [1.29, 1.82) is 0 Å². The molecule has 1 amide bonds. The predicted octanol–water partition coefficient (Wildman–Crippen LogP) is 0.469. The summed E-state index contributed by atoms with van der Waals surface area (Å²) < 4.78 is 5.07. The Kier molecular flexibility index (Phi) is 4.04. The maximum Gasteiger partial charge on any atom is 0.221 e. The topological polar surface area (TPSA) is 90.1 Å². The zero-order valence-electron chi connectivity index (χ0n) is 9.65. The standard InChI is InChI=1S/C10H16N4O2/c1-6(4-8(11)15)14-9-7(2)10(16-3)13-5-12-9/h5-6H,4H2,1-3H3,(H2,11,15)(H,12,13,14). The molecule has 6 heteroatoms. The maximum atomic E-state index is 10.7. The van der Waals surface area contributed by atoms with Gasteiger partial charge in [0.25, 0.3) is 0 Å². The third kappa shape index (κ3) is 3.08. The first-order chi connectivity index (χ1) is 7.54. The van der Waals surface area contributed by atoms with E-state index in [-0.39, 0.29) is 18.4 Å². The van der Waals surface area contributed by atoms with Crippen molar-refractivity contribution in [1.82, 2.24) is 9.97 Å². The molecule has 0 fully saturated rings. The first kappa shape index (κ1) is 12.2. The lowest BCUT2D eigenvalue weighted by Gasteiger charge is -2.15. The SMILES string of the molecule is COc1ncnc(NC(C)CC(N)=O)c1C. The molecule has 1 aromatic heterocycles. The van der Waals surface area contributed by atoms with Gasteiger partial charge in [0, 0.05) is 12.5 Å². The fourth-order valence-electron chi connectivity index (χ4n) is 1.37. The molecule has 3 N–H and O–H groups in total. The predicted molar refractivity (Wildman–Crippen MR) is 60.2 cm³/mol. The molecule has 16 heavy (non-hydrogen) atoms. The van der Waals surface area contributed by atoms with E-state index in [9.17, 15) is 4.79 Å². The third-order valence-corrected chi connectivity index (χ3v) is 2.12. The highest BCUT2D eigenvalue weighted by atomic mass is 16.5. The van der Waals surface area contributed by atoms with Crippen LogP contribution in [0.1, 0.15) is 18.9 Å². The van der Waals surface area contributed by atoms with E-state index in [1.165, 1.54) is 6.33 Å². The van der Waals surface area contributed by atoms with Crippen LogP contribution in [0.25, 0.3) is 0 Å². The molecule has 88 valence electrons. The lowest BCUT2D eigenvalue weighted by Crippen LogP contribution is -2.24. The van der Waals surface area contributed by atoms with Crippen LogP contribution in [0.2, 0.25) is 0 Å². The first-order valence-electron chi connectivity index (χ1n) is 4.95. The Morgan fingerprint density at radius 1 is 1.62 bits per heavy atom. The highest BCUT2D eigenvalue weighted by molar-refractivity contribution is 5.74. The van der Waals surface area contributed by atoms with Crippen LogP contribution < -0.4 is 15.8 Å². The Morgan fingerprint density at radius 3 is 2.88 bits per heavy atom. The molecule has 0 aromatic carbocycles. The Bertz CT molecular complexity index is 381. The molecule has 0 radical (unpaired) electrons. The van der Waals surface area contributed by atoms with Gasteiger partial charge in [0.05, 0.1) is 12.7 Å². The van der Waals surface area contributed by atoms with Gasteiger partial charge in [-0.05, 0) is 13.8 Å². The summed E-state index contributed by atoms with van der Waals surface area (Å²) in [5, 5.41) is 3.08. The van der Waals surface area contributed by atoms with Crippen molar-refractivity contribution in [2.24, 2.45) is 5.73 Å². The van der Waals surface area contributed by atoms with E-state index in [0.29, 0.717) is 11.7 Å². The molecule has 1 aromatic rings. The van der Waals surface area contributed by atoms with Crippen LogP contribution >= 0.6 is 0 Å². The van der Waals surface area contributed by atoms with Gasteiger partial charge in [0.1, 0.15) is 12.1 Å². The van der Waals surface area contributed by atoms with E-state index >= 15 is 0 Å². The number of aromatic nitrogens is 2. The number of primary amides is 1. The number of carbonyl (C=O) groups is 1. The van der Waals surface area contributed by atoms with Crippen LogP contribution in [0.4, 0.5) is 5.82 Å². The van der Waals surface area contributed by atoms with E-state index in [1.807, 2.05) is 13.8 Å². The number of carbonyl (C=O) groups excluding carboxylic acids is 1. The second-order valence-electron chi connectivity index (χ2n) is 3.57. The Labute approximate surface area is 94.2 Å². The molecule has 6 nitrogen and oxygen atoms in total. The number of nitrogens with two attached hydrogens (primary N) is 1. The van der Waals surface area contributed by atoms with E-state index in [1.54, 1.807) is 7.11 Å². The molecule has 1 atom stereocenters. The summed E-state index contributed by atoms with van der Waals surface area (Å²) in [5.74, 6) is 0.822. The molecular formula is C10H16N4O2. The van der Waals surface area contributed by atoms with Crippen molar-refractivity contribution >= 4 is 11.7 Å². The summed E-state index contributed by atoms with van der Waals surface area (Å²) in [7, 11) is 1.55. The summed E-state index contributed by atoms with van der Waals surface area (Å²) >= 11 is 0. The molecule has 0 aliphatic rings. The van der Waals surface area contributed by atoms with Crippen LogP contribution in [0.3, 0.4) is 0 Å². The van der Waals surface area contributed by atoms with Gasteiger partial charge in [0.15, 0.2) is 0 Å². The molecule has 0 bridgehead atoms. The minimum Gasteiger partial charge on any atom is -0.481 e. The summed E-state index contributed by atoms with van der Waals surface area (Å²) in [6.07, 6.45) is 1.66. The quantitative estimate of drug-likeness (QED) is 0.758. The lowest BCUT2D eigenvalue weighted by atomic mass is 10.2. The van der Waals surface area contributed by atoms with Gasteiger partial charge < -0.3 is 15.8 Å². The fourth-order valence-corrected chi connectivity index (χ4v) is 1.37. The zero-order valence-corrected chi connectivity index (χ0v) is 9.65. The lowest BCUT2D eigenvalue weighted by molar-refractivity contribution is -0.118. The minimum atomic E-state index is -0.348. The Morgan fingerprint density at radius 2 is 2.31 bits per heavy atom. The number of hydrogen-bond donors (Lipinski definition) is 2. The van der Waals surface area contributed by atoms with Gasteiger partial charge in [-0.15, -0.1) is 0 Å². The van der Waals surface area contributed by atoms with Gasteiger partial charge in [-0.25, -0.2) is 9.97 Å². The average Bonchev–Trinajstić information content (AvgIpc) is 2.20. The number of methoxy groups -OCH3 is 1. The number of hydrogen-bond acceptors (Lipinski definition) is 5. The molecule has 0 aliphatic carbocycles. The van der Waals surface area contributed by atoms with E-state index in [4.69, 9.17) is 10.5 Å². The fraction of sp³-hybridized carbons (Fsp3) is 0.500. The Balaban J connectivity index is 2.77. The number of amides is 1. The van der Waals surface area contributed by atoms with Crippen LogP contribution in [0.15, 0.2) is 6.33 Å². The first-order valence-corrected chi connectivity index (χ1v) is 4.95.